The molecule has 1 amide bonds. The average Bonchev–Trinajstić information content (AvgIpc) is 3.19. The van der Waals surface area contributed by atoms with Crippen molar-refractivity contribution in [3.63, 3.8) is 0 Å². The van der Waals surface area contributed by atoms with Gasteiger partial charge in [-0.1, -0.05) is 17.3 Å². The molecule has 2 aromatic carbocycles. The predicted octanol–water partition coefficient (Wildman–Crippen LogP) is 2.70. The Morgan fingerprint density at radius 1 is 1.15 bits per heavy atom. The van der Waals surface area contributed by atoms with Gasteiger partial charge >= 0.3 is 6.18 Å². The van der Waals surface area contributed by atoms with Gasteiger partial charge in [-0.3, -0.25) is 14.2 Å². The number of halogens is 3. The van der Waals surface area contributed by atoms with Crippen LogP contribution in [0.2, 0.25) is 0 Å². The minimum Gasteiger partial charge on any atom is -0.497 e. The summed E-state index contributed by atoms with van der Waals surface area (Å²) in [5.41, 5.74) is -0.537. The number of benzene rings is 2. The molecule has 0 aliphatic rings. The van der Waals surface area contributed by atoms with Crippen LogP contribution >= 0.6 is 0 Å². The molecular weight excluding hydrogens is 441 g/mol. The second kappa shape index (κ2) is 8.73. The van der Waals surface area contributed by atoms with E-state index in [-0.39, 0.29) is 24.3 Å². The summed E-state index contributed by atoms with van der Waals surface area (Å²) in [7, 11) is 1.53. The summed E-state index contributed by atoms with van der Waals surface area (Å²) in [6.07, 6.45) is -3.30. The molecule has 0 fully saturated rings. The van der Waals surface area contributed by atoms with Crippen molar-refractivity contribution < 1.29 is 22.7 Å². The topological polar surface area (TPSA) is 104 Å². The van der Waals surface area contributed by atoms with Gasteiger partial charge in [0.25, 0.3) is 5.56 Å². The highest BCUT2D eigenvalue weighted by Crippen LogP contribution is 2.29. The second-order valence-electron chi connectivity index (χ2n) is 7.07. The van der Waals surface area contributed by atoms with E-state index in [0.29, 0.717) is 17.0 Å². The first kappa shape index (κ1) is 22.0. The number of fused-ring (bicyclic) bond motifs is 1. The number of anilines is 1. The Labute approximate surface area is 184 Å². The Bertz CT molecular complexity index is 1360. The molecule has 170 valence electrons. The molecule has 0 spiro atoms. The molecule has 0 saturated heterocycles. The lowest BCUT2D eigenvalue weighted by Crippen LogP contribution is -2.28. The van der Waals surface area contributed by atoms with E-state index in [1.807, 2.05) is 0 Å². The van der Waals surface area contributed by atoms with E-state index in [9.17, 15) is 22.8 Å². The third kappa shape index (κ3) is 4.84. The predicted molar refractivity (Wildman–Crippen MR) is 112 cm³/mol. The highest BCUT2D eigenvalue weighted by Gasteiger charge is 2.30. The van der Waals surface area contributed by atoms with E-state index in [0.717, 1.165) is 16.7 Å². The van der Waals surface area contributed by atoms with Crippen LogP contribution < -0.4 is 15.6 Å². The number of carbonyl (C=O) groups is 1. The van der Waals surface area contributed by atoms with Gasteiger partial charge in [-0.2, -0.15) is 13.2 Å². The normalized spacial score (nSPS) is 11.5. The molecule has 0 aliphatic carbocycles. The zero-order valence-electron chi connectivity index (χ0n) is 17.2. The molecule has 0 radical (unpaired) electrons. The van der Waals surface area contributed by atoms with Crippen molar-refractivity contribution in [2.24, 2.45) is 0 Å². The van der Waals surface area contributed by atoms with Crippen LogP contribution in [0.3, 0.4) is 0 Å². The third-order valence-electron chi connectivity index (χ3n) is 4.77. The third-order valence-corrected chi connectivity index (χ3v) is 4.77. The number of amides is 1. The van der Waals surface area contributed by atoms with Crippen LogP contribution in [0.1, 0.15) is 11.1 Å². The smallest absolute Gasteiger partial charge is 0.416 e. The number of carbonyl (C=O) groups excluding carboxylic acids is 1. The first-order valence-electron chi connectivity index (χ1n) is 9.63. The molecule has 12 heteroatoms. The number of hydrogen-bond donors (Lipinski definition) is 1. The van der Waals surface area contributed by atoms with Crippen LogP contribution in [0.4, 0.5) is 18.9 Å². The van der Waals surface area contributed by atoms with Crippen LogP contribution in [0.5, 0.6) is 5.75 Å². The molecule has 0 atom stereocenters. The van der Waals surface area contributed by atoms with Gasteiger partial charge in [-0.25, -0.2) is 9.67 Å². The Kier molecular flexibility index (Phi) is 5.82. The molecule has 0 unspecified atom stereocenters. The molecule has 0 bridgehead atoms. The van der Waals surface area contributed by atoms with Crippen molar-refractivity contribution in [1.29, 1.82) is 0 Å². The van der Waals surface area contributed by atoms with Gasteiger partial charge in [0.15, 0.2) is 11.2 Å². The zero-order chi connectivity index (χ0) is 23.6. The Morgan fingerprint density at radius 3 is 2.61 bits per heavy atom. The van der Waals surface area contributed by atoms with E-state index >= 15 is 0 Å². The van der Waals surface area contributed by atoms with Gasteiger partial charge in [0.2, 0.25) is 5.91 Å². The molecular formula is C21H17F3N6O3. The number of ether oxygens (including phenoxy) is 1. The summed E-state index contributed by atoms with van der Waals surface area (Å²) in [5.74, 6) is 0.173. The fourth-order valence-electron chi connectivity index (χ4n) is 3.15. The van der Waals surface area contributed by atoms with Crippen molar-refractivity contribution in [2.75, 3.05) is 12.4 Å². The lowest BCUT2D eigenvalue weighted by molar-refractivity contribution is -0.137. The molecule has 9 nitrogen and oxygen atoms in total. The summed E-state index contributed by atoms with van der Waals surface area (Å²) >= 11 is 0. The highest BCUT2D eigenvalue weighted by molar-refractivity contribution is 5.90. The van der Waals surface area contributed by atoms with Crippen molar-refractivity contribution in [3.8, 4) is 5.75 Å². The monoisotopic (exact) mass is 458 g/mol. The summed E-state index contributed by atoms with van der Waals surface area (Å²) in [5, 5.41) is 10.3. The van der Waals surface area contributed by atoms with Crippen molar-refractivity contribution >= 4 is 22.8 Å². The summed E-state index contributed by atoms with van der Waals surface area (Å²) in [4.78, 5) is 29.2. The van der Waals surface area contributed by atoms with Crippen LogP contribution in [0.25, 0.3) is 11.2 Å². The molecule has 2 aromatic heterocycles. The van der Waals surface area contributed by atoms with Gasteiger partial charge in [0.05, 0.1) is 19.2 Å². The quantitative estimate of drug-likeness (QED) is 0.477. The van der Waals surface area contributed by atoms with E-state index < -0.39 is 23.2 Å². The number of rotatable bonds is 6. The lowest BCUT2D eigenvalue weighted by atomic mass is 10.1. The first-order chi connectivity index (χ1) is 15.7. The van der Waals surface area contributed by atoms with Gasteiger partial charge in [-0.15, -0.1) is 5.10 Å². The van der Waals surface area contributed by atoms with E-state index in [1.165, 1.54) is 30.3 Å². The number of methoxy groups -OCH3 is 1. The maximum atomic E-state index is 12.9. The highest BCUT2D eigenvalue weighted by atomic mass is 19.4. The zero-order valence-corrected chi connectivity index (χ0v) is 17.2. The summed E-state index contributed by atoms with van der Waals surface area (Å²) in [6, 6.07) is 11.4. The van der Waals surface area contributed by atoms with Gasteiger partial charge in [0, 0.05) is 5.69 Å². The largest absolute Gasteiger partial charge is 0.497 e. The molecule has 1 N–H and O–H groups in total. The van der Waals surface area contributed by atoms with E-state index in [2.05, 4.69) is 20.6 Å². The van der Waals surface area contributed by atoms with Crippen molar-refractivity contribution in [3.05, 3.63) is 76.3 Å². The van der Waals surface area contributed by atoms with Crippen LogP contribution in [0, 0.1) is 0 Å². The van der Waals surface area contributed by atoms with Crippen LogP contribution in [0.15, 0.2) is 59.7 Å². The summed E-state index contributed by atoms with van der Waals surface area (Å²) < 4.78 is 46.2. The Hall–Kier alpha value is -4.22. The standard InChI is InChI=1S/C21H17F3N6O3/c1-33-16-7-5-15(6-8-16)26-17(31)11-29-12-25-19-18(20(29)32)27-28-30(19)10-13-3-2-4-14(9-13)21(22,23)24/h2-9,12H,10-11H2,1H3,(H,26,31). The SMILES string of the molecule is COc1ccc(NC(=O)Cn2cnc3c(nnn3Cc3cccc(C(F)(F)F)c3)c2=O)cc1. The summed E-state index contributed by atoms with van der Waals surface area (Å²) in [6.45, 7) is -0.372. The molecule has 4 rings (SSSR count). The maximum Gasteiger partial charge on any atom is 0.416 e. The lowest BCUT2D eigenvalue weighted by Gasteiger charge is -2.09. The maximum absolute atomic E-state index is 12.9. The van der Waals surface area contributed by atoms with Crippen LogP contribution in [-0.2, 0) is 24.1 Å². The van der Waals surface area contributed by atoms with Crippen molar-refractivity contribution in [1.82, 2.24) is 24.5 Å². The van der Waals surface area contributed by atoms with Gasteiger partial charge in [-0.05, 0) is 42.0 Å². The van der Waals surface area contributed by atoms with Crippen LogP contribution in [-0.4, -0.2) is 37.6 Å². The molecule has 4 aromatic rings. The van der Waals surface area contributed by atoms with E-state index in [4.69, 9.17) is 4.74 Å². The molecule has 0 saturated carbocycles. The fraction of sp³-hybridized carbons (Fsp3) is 0.190. The van der Waals surface area contributed by atoms with E-state index in [1.54, 1.807) is 24.3 Å². The number of hydrogen-bond acceptors (Lipinski definition) is 6. The van der Waals surface area contributed by atoms with Crippen molar-refractivity contribution in [2.45, 2.75) is 19.3 Å². The number of nitrogens with one attached hydrogen (secondary N) is 1. The first-order valence-corrected chi connectivity index (χ1v) is 9.63. The van der Waals surface area contributed by atoms with Gasteiger partial charge in [0.1, 0.15) is 18.6 Å². The fourth-order valence-corrected chi connectivity index (χ4v) is 3.15. The molecule has 2 heterocycles. The average molecular weight is 458 g/mol. The number of aromatic nitrogens is 5. The molecule has 33 heavy (non-hydrogen) atoms. The minimum atomic E-state index is -4.47. The number of alkyl halides is 3. The minimum absolute atomic E-state index is 0.0607. The van der Waals surface area contributed by atoms with Gasteiger partial charge < -0.3 is 10.1 Å². The Balaban J connectivity index is 1.52. The molecule has 0 aliphatic heterocycles. The number of nitrogens with zero attached hydrogens (tertiary/aromatic N) is 5. The Morgan fingerprint density at radius 2 is 1.91 bits per heavy atom. The second-order valence-corrected chi connectivity index (χ2v) is 7.07.